The highest BCUT2D eigenvalue weighted by atomic mass is 79.9. The highest BCUT2D eigenvalue weighted by molar-refractivity contribution is 9.11. The van der Waals surface area contributed by atoms with E-state index in [4.69, 9.17) is 0 Å². The minimum atomic E-state index is -3.82. The second kappa shape index (κ2) is 6.74. The van der Waals surface area contributed by atoms with Crippen LogP contribution in [0.2, 0.25) is 0 Å². The zero-order valence-corrected chi connectivity index (χ0v) is 17.6. The van der Waals surface area contributed by atoms with Gasteiger partial charge in [0.2, 0.25) is 5.91 Å². The summed E-state index contributed by atoms with van der Waals surface area (Å²) >= 11 is 6.69. The van der Waals surface area contributed by atoms with Crippen LogP contribution in [0.1, 0.15) is 19.4 Å². The van der Waals surface area contributed by atoms with Gasteiger partial charge in [0.1, 0.15) is 4.90 Å². The average molecular weight is 488 g/mol. The third-order valence-electron chi connectivity index (χ3n) is 4.10. The first kappa shape index (κ1) is 18.4. The lowest BCUT2D eigenvalue weighted by atomic mass is 10.1. The third kappa shape index (κ3) is 3.47. The Morgan fingerprint density at radius 2 is 1.88 bits per heavy atom. The maximum atomic E-state index is 12.9. The summed E-state index contributed by atoms with van der Waals surface area (Å²) in [4.78, 5) is 13.7. The standard InChI is InChI=1S/C17H16Br2N2O3S/c1-10-7-12-8-14(19)17(9-16(12)21(10)11(2)22)25(23,24)20-15-6-4-3-5-13(15)18/h3-6,8-10,20H,7H2,1-2H3/t10-/m1/s1. The van der Waals surface area contributed by atoms with Crippen molar-refractivity contribution in [2.75, 3.05) is 9.62 Å². The van der Waals surface area contributed by atoms with Crippen LogP contribution in [0.3, 0.4) is 0 Å². The summed E-state index contributed by atoms with van der Waals surface area (Å²) in [6.45, 7) is 3.43. The van der Waals surface area contributed by atoms with Gasteiger partial charge >= 0.3 is 0 Å². The molecule has 8 heteroatoms. The molecule has 0 aromatic heterocycles. The van der Waals surface area contributed by atoms with Crippen LogP contribution < -0.4 is 9.62 Å². The largest absolute Gasteiger partial charge is 0.309 e. The Balaban J connectivity index is 2.06. The number of halogens is 2. The molecule has 2 aromatic carbocycles. The van der Waals surface area contributed by atoms with E-state index in [0.717, 1.165) is 5.56 Å². The lowest BCUT2D eigenvalue weighted by Gasteiger charge is -2.21. The molecule has 0 spiro atoms. The molecule has 1 N–H and O–H groups in total. The first-order valence-corrected chi connectivity index (χ1v) is 10.7. The van der Waals surface area contributed by atoms with Crippen LogP contribution in [-0.4, -0.2) is 20.4 Å². The molecule has 2 aromatic rings. The Hall–Kier alpha value is -1.38. The topological polar surface area (TPSA) is 66.5 Å². The molecule has 1 aliphatic heterocycles. The number of nitrogens with one attached hydrogen (secondary N) is 1. The molecule has 0 aliphatic carbocycles. The normalized spacial score (nSPS) is 16.6. The molecule has 3 rings (SSSR count). The van der Waals surface area contributed by atoms with Gasteiger partial charge in [-0.25, -0.2) is 8.42 Å². The predicted octanol–water partition coefficient (Wildman–Crippen LogP) is 4.31. The minimum Gasteiger partial charge on any atom is -0.309 e. The van der Waals surface area contributed by atoms with Gasteiger partial charge in [-0.3, -0.25) is 9.52 Å². The fourth-order valence-corrected chi connectivity index (χ4v) is 5.75. The Morgan fingerprint density at radius 1 is 1.20 bits per heavy atom. The molecule has 1 heterocycles. The number of fused-ring (bicyclic) bond motifs is 1. The number of amides is 1. The fraction of sp³-hybridized carbons (Fsp3) is 0.235. The number of carbonyl (C=O) groups excluding carboxylic acids is 1. The second-order valence-corrected chi connectivity index (χ2v) is 9.30. The number of rotatable bonds is 3. The highest BCUT2D eigenvalue weighted by Gasteiger charge is 2.32. The van der Waals surface area contributed by atoms with Gasteiger partial charge in [0, 0.05) is 27.6 Å². The van der Waals surface area contributed by atoms with Crippen molar-refractivity contribution in [1.82, 2.24) is 0 Å². The number of sulfonamides is 1. The van der Waals surface area contributed by atoms with Crippen molar-refractivity contribution >= 4 is 59.2 Å². The number of nitrogens with zero attached hydrogens (tertiary/aromatic N) is 1. The summed E-state index contributed by atoms with van der Waals surface area (Å²) in [7, 11) is -3.82. The van der Waals surface area contributed by atoms with E-state index in [9.17, 15) is 13.2 Å². The molecular formula is C17H16Br2N2O3S. The highest BCUT2D eigenvalue weighted by Crippen LogP contribution is 2.38. The fourth-order valence-electron chi connectivity index (χ4n) is 3.05. The molecule has 1 atom stereocenters. The summed E-state index contributed by atoms with van der Waals surface area (Å²) in [6, 6.07) is 10.3. The van der Waals surface area contributed by atoms with Crippen molar-refractivity contribution in [2.45, 2.75) is 31.2 Å². The summed E-state index contributed by atoms with van der Waals surface area (Å²) in [6.07, 6.45) is 0.700. The van der Waals surface area contributed by atoms with Crippen molar-refractivity contribution in [3.63, 3.8) is 0 Å². The van der Waals surface area contributed by atoms with Crippen molar-refractivity contribution in [3.8, 4) is 0 Å². The van der Waals surface area contributed by atoms with Crippen molar-refractivity contribution < 1.29 is 13.2 Å². The third-order valence-corrected chi connectivity index (χ3v) is 7.11. The maximum Gasteiger partial charge on any atom is 0.263 e. The average Bonchev–Trinajstić information content (AvgIpc) is 2.83. The molecule has 1 aliphatic rings. The summed E-state index contributed by atoms with van der Waals surface area (Å²) < 4.78 is 29.4. The quantitative estimate of drug-likeness (QED) is 0.701. The number of carbonyl (C=O) groups is 1. The van der Waals surface area contributed by atoms with E-state index >= 15 is 0 Å². The minimum absolute atomic E-state index is 0.00795. The van der Waals surface area contributed by atoms with Crippen molar-refractivity contribution in [2.24, 2.45) is 0 Å². The van der Waals surface area contributed by atoms with E-state index < -0.39 is 10.0 Å². The summed E-state index contributed by atoms with van der Waals surface area (Å²) in [5.74, 6) is -0.101. The Bertz CT molecular complexity index is 960. The van der Waals surface area contributed by atoms with Gasteiger partial charge in [0.25, 0.3) is 10.0 Å². The summed E-state index contributed by atoms with van der Waals surface area (Å²) in [5, 5.41) is 0. The van der Waals surface area contributed by atoms with Crippen LogP contribution in [-0.2, 0) is 21.2 Å². The second-order valence-electron chi connectivity index (χ2n) is 5.94. The lowest BCUT2D eigenvalue weighted by Crippen LogP contribution is -2.33. The van der Waals surface area contributed by atoms with E-state index in [1.807, 2.05) is 6.92 Å². The first-order valence-electron chi connectivity index (χ1n) is 7.60. The smallest absolute Gasteiger partial charge is 0.263 e. The zero-order valence-electron chi connectivity index (χ0n) is 13.6. The lowest BCUT2D eigenvalue weighted by molar-refractivity contribution is -0.116. The van der Waals surface area contributed by atoms with Crippen LogP contribution in [0.5, 0.6) is 0 Å². The van der Waals surface area contributed by atoms with E-state index in [-0.39, 0.29) is 16.8 Å². The molecule has 0 unspecified atom stereocenters. The van der Waals surface area contributed by atoms with Crippen LogP contribution in [0, 0.1) is 0 Å². The van der Waals surface area contributed by atoms with E-state index in [1.165, 1.54) is 6.92 Å². The van der Waals surface area contributed by atoms with Gasteiger partial charge in [-0.1, -0.05) is 12.1 Å². The number of para-hydroxylation sites is 1. The van der Waals surface area contributed by atoms with E-state index in [2.05, 4.69) is 36.6 Å². The van der Waals surface area contributed by atoms with Crippen LogP contribution in [0.25, 0.3) is 0 Å². The molecule has 132 valence electrons. The SMILES string of the molecule is CC(=O)N1c2cc(S(=O)(=O)Nc3ccccc3Br)c(Br)cc2C[C@H]1C. The summed E-state index contributed by atoms with van der Waals surface area (Å²) in [5.41, 5.74) is 2.05. The Kier molecular flexibility index (Phi) is 4.96. The molecule has 0 saturated carbocycles. The number of hydrogen-bond acceptors (Lipinski definition) is 3. The maximum absolute atomic E-state index is 12.9. The number of anilines is 2. The number of hydrogen-bond donors (Lipinski definition) is 1. The molecule has 0 radical (unpaired) electrons. The number of benzene rings is 2. The van der Waals surface area contributed by atoms with Crippen LogP contribution in [0.4, 0.5) is 11.4 Å². The molecular weight excluding hydrogens is 472 g/mol. The van der Waals surface area contributed by atoms with Gasteiger partial charge in [0.05, 0.1) is 5.69 Å². The van der Waals surface area contributed by atoms with E-state index in [1.54, 1.807) is 41.3 Å². The van der Waals surface area contributed by atoms with Gasteiger partial charge in [-0.15, -0.1) is 0 Å². The molecule has 0 bridgehead atoms. The molecule has 0 fully saturated rings. The first-order chi connectivity index (χ1) is 11.7. The van der Waals surface area contributed by atoms with Gasteiger partial charge in [-0.2, -0.15) is 0 Å². The Morgan fingerprint density at radius 3 is 2.52 bits per heavy atom. The van der Waals surface area contributed by atoms with Crippen molar-refractivity contribution in [1.29, 1.82) is 0 Å². The van der Waals surface area contributed by atoms with Gasteiger partial charge in [0.15, 0.2) is 0 Å². The van der Waals surface area contributed by atoms with Crippen molar-refractivity contribution in [3.05, 3.63) is 50.9 Å². The zero-order chi connectivity index (χ0) is 18.4. The Labute approximate surface area is 163 Å². The molecule has 25 heavy (non-hydrogen) atoms. The van der Waals surface area contributed by atoms with Crippen LogP contribution >= 0.6 is 31.9 Å². The molecule has 0 saturated heterocycles. The van der Waals surface area contributed by atoms with E-state index in [0.29, 0.717) is 26.7 Å². The van der Waals surface area contributed by atoms with Crippen LogP contribution in [0.15, 0.2) is 50.2 Å². The van der Waals surface area contributed by atoms with Gasteiger partial charge < -0.3 is 4.90 Å². The molecule has 1 amide bonds. The predicted molar refractivity (Wildman–Crippen MR) is 105 cm³/mol. The van der Waals surface area contributed by atoms with Gasteiger partial charge in [-0.05, 0) is 75.0 Å². The molecule has 5 nitrogen and oxygen atoms in total. The monoisotopic (exact) mass is 486 g/mol.